The Bertz CT molecular complexity index is 551. The summed E-state index contributed by atoms with van der Waals surface area (Å²) in [7, 11) is 2.08. The second-order valence-corrected chi connectivity index (χ2v) is 5.64. The zero-order valence-corrected chi connectivity index (χ0v) is 12.9. The standard InChI is InChI=1S/C15H19BrN2O/c1-11-7-13(19-15(11)8-17)10-18(2)9-12-5-3-4-6-14(12)16/h3-7H,8-10,17H2,1-2H3. The van der Waals surface area contributed by atoms with Gasteiger partial charge < -0.3 is 10.2 Å². The molecule has 2 rings (SSSR count). The predicted molar refractivity (Wildman–Crippen MR) is 80.6 cm³/mol. The van der Waals surface area contributed by atoms with Crippen LogP contribution in [0, 0.1) is 6.92 Å². The molecule has 0 amide bonds. The van der Waals surface area contributed by atoms with Crippen molar-refractivity contribution in [2.24, 2.45) is 5.73 Å². The normalized spacial score (nSPS) is 11.2. The molecule has 4 heteroatoms. The molecule has 1 heterocycles. The molecule has 102 valence electrons. The number of nitrogens with two attached hydrogens (primary N) is 1. The van der Waals surface area contributed by atoms with Gasteiger partial charge in [0.05, 0.1) is 13.1 Å². The molecule has 0 aliphatic carbocycles. The second-order valence-electron chi connectivity index (χ2n) is 4.79. The van der Waals surface area contributed by atoms with Gasteiger partial charge in [0.1, 0.15) is 11.5 Å². The topological polar surface area (TPSA) is 42.4 Å². The summed E-state index contributed by atoms with van der Waals surface area (Å²) in [4.78, 5) is 2.22. The predicted octanol–water partition coefficient (Wildman–Crippen LogP) is 3.44. The highest BCUT2D eigenvalue weighted by Crippen LogP contribution is 2.19. The summed E-state index contributed by atoms with van der Waals surface area (Å²) in [6, 6.07) is 10.3. The SMILES string of the molecule is Cc1cc(CN(C)Cc2ccccc2Br)oc1CN. The van der Waals surface area contributed by atoms with Crippen molar-refractivity contribution < 1.29 is 4.42 Å². The van der Waals surface area contributed by atoms with Gasteiger partial charge in [0, 0.05) is 11.0 Å². The van der Waals surface area contributed by atoms with Crippen LogP contribution < -0.4 is 5.73 Å². The Morgan fingerprint density at radius 1 is 1.26 bits per heavy atom. The van der Waals surface area contributed by atoms with Crippen LogP contribution in [0.5, 0.6) is 0 Å². The van der Waals surface area contributed by atoms with E-state index in [1.807, 2.05) is 13.0 Å². The highest BCUT2D eigenvalue weighted by atomic mass is 79.9. The molecule has 0 saturated carbocycles. The number of rotatable bonds is 5. The van der Waals surface area contributed by atoms with Crippen molar-refractivity contribution in [3.05, 3.63) is 57.5 Å². The molecule has 3 nitrogen and oxygen atoms in total. The first kappa shape index (κ1) is 14.3. The number of benzene rings is 1. The fourth-order valence-electron chi connectivity index (χ4n) is 2.11. The summed E-state index contributed by atoms with van der Waals surface area (Å²) in [6.07, 6.45) is 0. The van der Waals surface area contributed by atoms with E-state index in [-0.39, 0.29) is 0 Å². The molecule has 2 aromatic rings. The summed E-state index contributed by atoms with van der Waals surface area (Å²) < 4.78 is 6.86. The van der Waals surface area contributed by atoms with E-state index in [0.717, 1.165) is 34.6 Å². The first-order chi connectivity index (χ1) is 9.10. The van der Waals surface area contributed by atoms with Crippen molar-refractivity contribution in [2.75, 3.05) is 7.05 Å². The molecule has 0 bridgehead atoms. The molecule has 0 atom stereocenters. The lowest BCUT2D eigenvalue weighted by molar-refractivity contribution is 0.283. The molecule has 0 radical (unpaired) electrons. The third kappa shape index (κ3) is 3.69. The fourth-order valence-corrected chi connectivity index (χ4v) is 2.52. The average molecular weight is 323 g/mol. The molecule has 1 aromatic heterocycles. The van der Waals surface area contributed by atoms with Gasteiger partial charge in [-0.2, -0.15) is 0 Å². The van der Waals surface area contributed by atoms with E-state index in [9.17, 15) is 0 Å². The van der Waals surface area contributed by atoms with Gasteiger partial charge in [-0.1, -0.05) is 34.1 Å². The summed E-state index contributed by atoms with van der Waals surface area (Å²) in [5.41, 5.74) is 8.03. The first-order valence-electron chi connectivity index (χ1n) is 6.30. The lowest BCUT2D eigenvalue weighted by atomic mass is 10.2. The average Bonchev–Trinajstić information content (AvgIpc) is 2.72. The van der Waals surface area contributed by atoms with Crippen molar-refractivity contribution in [1.82, 2.24) is 4.90 Å². The third-order valence-corrected chi connectivity index (χ3v) is 3.85. The molecular weight excluding hydrogens is 304 g/mol. The molecular formula is C15H19BrN2O. The van der Waals surface area contributed by atoms with E-state index in [1.165, 1.54) is 5.56 Å². The Morgan fingerprint density at radius 2 is 2.00 bits per heavy atom. The van der Waals surface area contributed by atoms with Crippen LogP contribution in [-0.4, -0.2) is 11.9 Å². The van der Waals surface area contributed by atoms with Crippen LogP contribution >= 0.6 is 15.9 Å². The smallest absolute Gasteiger partial charge is 0.120 e. The number of hydrogen-bond acceptors (Lipinski definition) is 3. The summed E-state index contributed by atoms with van der Waals surface area (Å²) >= 11 is 3.57. The zero-order chi connectivity index (χ0) is 13.8. The van der Waals surface area contributed by atoms with Gasteiger partial charge in [-0.05, 0) is 37.2 Å². The lowest BCUT2D eigenvalue weighted by Gasteiger charge is -2.16. The first-order valence-corrected chi connectivity index (χ1v) is 7.09. The maximum absolute atomic E-state index is 5.72. The van der Waals surface area contributed by atoms with Crippen LogP contribution in [0.15, 0.2) is 39.2 Å². The van der Waals surface area contributed by atoms with E-state index in [1.54, 1.807) is 0 Å². The van der Waals surface area contributed by atoms with E-state index in [4.69, 9.17) is 10.2 Å². The Hall–Kier alpha value is -1.10. The van der Waals surface area contributed by atoms with Crippen LogP contribution in [0.1, 0.15) is 22.6 Å². The zero-order valence-electron chi connectivity index (χ0n) is 11.3. The molecule has 0 fully saturated rings. The maximum atomic E-state index is 5.72. The largest absolute Gasteiger partial charge is 0.463 e. The highest BCUT2D eigenvalue weighted by Gasteiger charge is 2.09. The highest BCUT2D eigenvalue weighted by molar-refractivity contribution is 9.10. The Kier molecular flexibility index (Phi) is 4.80. The number of nitrogens with zero attached hydrogens (tertiary/aromatic N) is 1. The molecule has 0 aliphatic heterocycles. The van der Waals surface area contributed by atoms with Crippen LogP contribution in [0.4, 0.5) is 0 Å². The lowest BCUT2D eigenvalue weighted by Crippen LogP contribution is -2.17. The maximum Gasteiger partial charge on any atom is 0.120 e. The van der Waals surface area contributed by atoms with Gasteiger partial charge in [-0.25, -0.2) is 0 Å². The van der Waals surface area contributed by atoms with Crippen LogP contribution in [-0.2, 0) is 19.6 Å². The Balaban J connectivity index is 2.01. The molecule has 1 aromatic carbocycles. The molecule has 0 spiro atoms. The third-order valence-electron chi connectivity index (χ3n) is 3.08. The second kappa shape index (κ2) is 6.37. The van der Waals surface area contributed by atoms with Gasteiger partial charge in [0.2, 0.25) is 0 Å². The summed E-state index contributed by atoms with van der Waals surface area (Å²) in [5, 5.41) is 0. The van der Waals surface area contributed by atoms with Gasteiger partial charge in [-0.15, -0.1) is 0 Å². The molecule has 0 unspecified atom stereocenters. The van der Waals surface area contributed by atoms with E-state index in [0.29, 0.717) is 6.54 Å². The molecule has 19 heavy (non-hydrogen) atoms. The van der Waals surface area contributed by atoms with Gasteiger partial charge >= 0.3 is 0 Å². The van der Waals surface area contributed by atoms with E-state index >= 15 is 0 Å². The van der Waals surface area contributed by atoms with Crippen molar-refractivity contribution in [2.45, 2.75) is 26.6 Å². The minimum absolute atomic E-state index is 0.458. The number of hydrogen-bond donors (Lipinski definition) is 1. The van der Waals surface area contributed by atoms with Gasteiger partial charge in [0.15, 0.2) is 0 Å². The quantitative estimate of drug-likeness (QED) is 0.916. The number of halogens is 1. The number of furan rings is 1. The fraction of sp³-hybridized carbons (Fsp3) is 0.333. The van der Waals surface area contributed by atoms with Crippen LogP contribution in [0.25, 0.3) is 0 Å². The van der Waals surface area contributed by atoms with Crippen molar-refractivity contribution in [1.29, 1.82) is 0 Å². The van der Waals surface area contributed by atoms with Gasteiger partial charge in [0.25, 0.3) is 0 Å². The monoisotopic (exact) mass is 322 g/mol. The van der Waals surface area contributed by atoms with Crippen LogP contribution in [0.2, 0.25) is 0 Å². The van der Waals surface area contributed by atoms with E-state index < -0.39 is 0 Å². The van der Waals surface area contributed by atoms with Crippen molar-refractivity contribution in [3.63, 3.8) is 0 Å². The van der Waals surface area contributed by atoms with Crippen LogP contribution in [0.3, 0.4) is 0 Å². The minimum Gasteiger partial charge on any atom is -0.463 e. The van der Waals surface area contributed by atoms with Crippen molar-refractivity contribution in [3.8, 4) is 0 Å². The van der Waals surface area contributed by atoms with Gasteiger partial charge in [-0.3, -0.25) is 4.90 Å². The molecule has 0 saturated heterocycles. The van der Waals surface area contributed by atoms with E-state index in [2.05, 4.69) is 52.1 Å². The Labute approximate surface area is 122 Å². The summed E-state index contributed by atoms with van der Waals surface area (Å²) in [5.74, 6) is 1.84. The molecule has 0 aliphatic rings. The summed E-state index contributed by atoms with van der Waals surface area (Å²) in [6.45, 7) is 4.14. The minimum atomic E-state index is 0.458. The Morgan fingerprint density at radius 3 is 2.63 bits per heavy atom. The molecule has 2 N–H and O–H groups in total. The van der Waals surface area contributed by atoms with Crippen molar-refractivity contribution >= 4 is 15.9 Å². The number of aryl methyl sites for hydroxylation is 1.